The summed E-state index contributed by atoms with van der Waals surface area (Å²) in [5, 5.41) is 22.8. The zero-order chi connectivity index (χ0) is 25.7. The number of nitrogens with two attached hydrogens (primary N) is 1. The van der Waals surface area contributed by atoms with E-state index < -0.39 is 66.0 Å². The molecule has 35 heavy (non-hydrogen) atoms. The minimum atomic E-state index is -5.13. The van der Waals surface area contributed by atoms with E-state index in [0.717, 1.165) is 6.33 Å². The molecule has 0 bridgehead atoms. The molecular weight excluding hydrogens is 490 g/mol. The van der Waals surface area contributed by atoms with Crippen LogP contribution in [0, 0.1) is 0 Å². The van der Waals surface area contributed by atoms with E-state index in [9.17, 15) is 41.4 Å². The van der Waals surface area contributed by atoms with E-state index in [1.54, 1.807) is 0 Å². The number of benzene rings is 1. The van der Waals surface area contributed by atoms with Crippen LogP contribution in [-0.2, 0) is 17.1 Å². The van der Waals surface area contributed by atoms with Crippen LogP contribution in [0.2, 0.25) is 0 Å². The lowest BCUT2D eigenvalue weighted by molar-refractivity contribution is -0.143. The predicted octanol–water partition coefficient (Wildman–Crippen LogP) is 1.50. The van der Waals surface area contributed by atoms with Gasteiger partial charge in [0.25, 0.3) is 5.91 Å². The minimum Gasteiger partial charge on any atom is -0.387 e. The summed E-state index contributed by atoms with van der Waals surface area (Å²) >= 11 is 0. The molecule has 0 radical (unpaired) electrons. The van der Waals surface area contributed by atoms with E-state index in [1.807, 2.05) is 0 Å². The molecule has 1 aliphatic heterocycles. The molecule has 5 N–H and O–H groups in total. The van der Waals surface area contributed by atoms with E-state index in [-0.39, 0.29) is 35.2 Å². The number of carbonyl (C=O) groups is 1. The van der Waals surface area contributed by atoms with E-state index in [0.29, 0.717) is 0 Å². The number of imidazole rings is 1. The zero-order valence-electron chi connectivity index (χ0n) is 17.2. The fourth-order valence-corrected chi connectivity index (χ4v) is 3.57. The van der Waals surface area contributed by atoms with Crippen LogP contribution in [-0.4, -0.2) is 60.5 Å². The quantitative estimate of drug-likeness (QED) is 0.389. The third-order valence-electron chi connectivity index (χ3n) is 5.31. The number of carbonyl (C=O) groups excluding carboxylic acids is 1. The van der Waals surface area contributed by atoms with Crippen molar-refractivity contribution in [1.29, 1.82) is 0 Å². The molecule has 1 aliphatic rings. The van der Waals surface area contributed by atoms with Crippen LogP contribution in [0.3, 0.4) is 0 Å². The third kappa shape index (κ3) is 4.71. The SMILES string of the molecule is Nc1ncnc2c1ncn2C1OC(CNC(=O)c2cc(C(F)(F)F)cc(C(F)(F)F)c2)C(O)C1O. The first kappa shape index (κ1) is 24.6. The van der Waals surface area contributed by atoms with Crippen molar-refractivity contribution >= 4 is 22.9 Å². The summed E-state index contributed by atoms with van der Waals surface area (Å²) < 4.78 is 85.0. The number of fused-ring (bicyclic) bond motifs is 1. The highest BCUT2D eigenvalue weighted by Crippen LogP contribution is 2.36. The topological polar surface area (TPSA) is 148 Å². The number of aliphatic hydroxyl groups excluding tert-OH is 2. The van der Waals surface area contributed by atoms with Crippen LogP contribution in [0.15, 0.2) is 30.9 Å². The number of alkyl halides is 6. The smallest absolute Gasteiger partial charge is 0.387 e. The average Bonchev–Trinajstić information content (AvgIpc) is 3.33. The highest BCUT2D eigenvalue weighted by Gasteiger charge is 2.44. The summed E-state index contributed by atoms with van der Waals surface area (Å²) in [6, 6.07) is 0.444. The predicted molar refractivity (Wildman–Crippen MR) is 104 cm³/mol. The van der Waals surface area contributed by atoms with Crippen molar-refractivity contribution in [3.05, 3.63) is 47.5 Å². The highest BCUT2D eigenvalue weighted by atomic mass is 19.4. The molecule has 0 saturated carbocycles. The Morgan fingerprint density at radius 1 is 1.03 bits per heavy atom. The number of halogens is 6. The molecule has 1 saturated heterocycles. The Hall–Kier alpha value is -3.50. The molecule has 3 heterocycles. The maximum Gasteiger partial charge on any atom is 0.416 e. The number of nitrogens with zero attached hydrogens (tertiary/aromatic N) is 4. The van der Waals surface area contributed by atoms with Crippen LogP contribution < -0.4 is 11.1 Å². The van der Waals surface area contributed by atoms with Gasteiger partial charge in [-0.2, -0.15) is 26.3 Å². The number of hydrogen-bond acceptors (Lipinski definition) is 8. The van der Waals surface area contributed by atoms with Crippen molar-refractivity contribution < 1.29 is 46.1 Å². The molecule has 10 nitrogen and oxygen atoms in total. The van der Waals surface area contributed by atoms with Gasteiger partial charge in [-0.15, -0.1) is 0 Å². The molecule has 2 aromatic heterocycles. The normalized spacial score (nSPS) is 23.1. The zero-order valence-corrected chi connectivity index (χ0v) is 17.2. The van der Waals surface area contributed by atoms with Gasteiger partial charge >= 0.3 is 12.4 Å². The molecule has 16 heteroatoms. The number of nitrogen functional groups attached to an aromatic ring is 1. The molecule has 0 spiro atoms. The van der Waals surface area contributed by atoms with Crippen molar-refractivity contribution in [1.82, 2.24) is 24.8 Å². The monoisotopic (exact) mass is 506 g/mol. The number of ether oxygens (including phenoxy) is 1. The molecule has 0 aliphatic carbocycles. The minimum absolute atomic E-state index is 0.0462. The molecule has 1 aromatic carbocycles. The van der Waals surface area contributed by atoms with Gasteiger partial charge in [0, 0.05) is 12.1 Å². The van der Waals surface area contributed by atoms with Crippen molar-refractivity contribution in [3.8, 4) is 0 Å². The van der Waals surface area contributed by atoms with Crippen molar-refractivity contribution in [3.63, 3.8) is 0 Å². The Kier molecular flexibility index (Phi) is 6.06. The van der Waals surface area contributed by atoms with E-state index in [2.05, 4.69) is 20.3 Å². The van der Waals surface area contributed by atoms with Crippen LogP contribution >= 0.6 is 0 Å². The van der Waals surface area contributed by atoms with Gasteiger partial charge in [0.2, 0.25) is 0 Å². The first-order valence-corrected chi connectivity index (χ1v) is 9.79. The summed E-state index contributed by atoms with van der Waals surface area (Å²) in [6.07, 6.45) is -13.5. The van der Waals surface area contributed by atoms with Gasteiger partial charge in [0.05, 0.1) is 17.5 Å². The molecule has 1 amide bonds. The fourth-order valence-electron chi connectivity index (χ4n) is 3.57. The summed E-state index contributed by atoms with van der Waals surface area (Å²) in [4.78, 5) is 24.1. The molecule has 4 unspecified atom stereocenters. The van der Waals surface area contributed by atoms with Gasteiger partial charge in [-0.1, -0.05) is 0 Å². The van der Waals surface area contributed by atoms with Gasteiger partial charge in [0.15, 0.2) is 17.7 Å². The summed E-state index contributed by atoms with van der Waals surface area (Å²) in [5.74, 6) is -1.23. The summed E-state index contributed by atoms with van der Waals surface area (Å²) in [7, 11) is 0. The second kappa shape index (κ2) is 8.62. The Labute approximate surface area is 191 Å². The average molecular weight is 506 g/mol. The maximum absolute atomic E-state index is 13.0. The van der Waals surface area contributed by atoms with Gasteiger partial charge < -0.3 is 26.0 Å². The number of amides is 1. The van der Waals surface area contributed by atoms with Gasteiger partial charge in [-0.3, -0.25) is 9.36 Å². The largest absolute Gasteiger partial charge is 0.416 e. The molecule has 188 valence electrons. The van der Waals surface area contributed by atoms with Crippen LogP contribution in [0.5, 0.6) is 0 Å². The van der Waals surface area contributed by atoms with Crippen LogP contribution in [0.4, 0.5) is 32.2 Å². The van der Waals surface area contributed by atoms with Gasteiger partial charge in [0.1, 0.15) is 30.2 Å². The van der Waals surface area contributed by atoms with Crippen molar-refractivity contribution in [2.75, 3.05) is 12.3 Å². The van der Waals surface area contributed by atoms with E-state index in [4.69, 9.17) is 10.5 Å². The standard InChI is InChI=1S/C19H16F6N6O4/c20-18(21,22)8-1-7(2-9(3-8)19(23,24)25)16(34)27-4-10-12(32)13(33)17(35-10)31-6-30-11-14(26)28-5-29-15(11)31/h1-3,5-6,10,12-13,17,32-33H,4H2,(H,27,34)(H2,26,28,29). The Morgan fingerprint density at radius 3 is 2.26 bits per heavy atom. The van der Waals surface area contributed by atoms with Gasteiger partial charge in [-0.25, -0.2) is 15.0 Å². The number of anilines is 1. The third-order valence-corrected chi connectivity index (χ3v) is 5.31. The molecular formula is C19H16F6N6O4. The van der Waals surface area contributed by atoms with Crippen LogP contribution in [0.25, 0.3) is 11.2 Å². The second-order valence-corrected chi connectivity index (χ2v) is 7.63. The lowest BCUT2D eigenvalue weighted by Gasteiger charge is -2.17. The summed E-state index contributed by atoms with van der Waals surface area (Å²) in [5.41, 5.74) is 1.86. The first-order chi connectivity index (χ1) is 16.3. The highest BCUT2D eigenvalue weighted by molar-refractivity contribution is 5.94. The molecule has 3 aromatic rings. The number of rotatable bonds is 4. The Morgan fingerprint density at radius 2 is 1.66 bits per heavy atom. The second-order valence-electron chi connectivity index (χ2n) is 7.63. The van der Waals surface area contributed by atoms with E-state index >= 15 is 0 Å². The molecule has 1 fully saturated rings. The number of aliphatic hydroxyl groups is 2. The van der Waals surface area contributed by atoms with Crippen molar-refractivity contribution in [2.24, 2.45) is 0 Å². The Bertz CT molecular complexity index is 1230. The number of aromatic nitrogens is 4. The van der Waals surface area contributed by atoms with E-state index in [1.165, 1.54) is 10.9 Å². The number of hydrogen-bond donors (Lipinski definition) is 4. The Balaban J connectivity index is 1.52. The lowest BCUT2D eigenvalue weighted by atomic mass is 10.0. The number of nitrogens with one attached hydrogen (secondary N) is 1. The van der Waals surface area contributed by atoms with Crippen LogP contribution in [0.1, 0.15) is 27.7 Å². The molecule has 4 rings (SSSR count). The molecule has 4 atom stereocenters. The van der Waals surface area contributed by atoms with Crippen molar-refractivity contribution in [2.45, 2.75) is 36.9 Å². The first-order valence-electron chi connectivity index (χ1n) is 9.79. The summed E-state index contributed by atoms with van der Waals surface area (Å²) in [6.45, 7) is -0.547. The lowest BCUT2D eigenvalue weighted by Crippen LogP contribution is -2.40. The van der Waals surface area contributed by atoms with Gasteiger partial charge in [-0.05, 0) is 18.2 Å². The maximum atomic E-state index is 13.0. The fraction of sp³-hybridized carbons (Fsp3) is 0.368.